The highest BCUT2D eigenvalue weighted by Crippen LogP contribution is 2.28. The summed E-state index contributed by atoms with van der Waals surface area (Å²) in [6, 6.07) is 8.59. The zero-order valence-corrected chi connectivity index (χ0v) is 61.9. The molecule has 2 unspecified atom stereocenters. The molecule has 0 spiro atoms. The number of hydrogen-bond donors (Lipinski definition) is 15. The normalized spacial score (nSPS) is 15.8. The fraction of sp³-hybridized carbons (Fsp3) is 0.541. The van der Waals surface area contributed by atoms with Crippen LogP contribution in [0, 0.1) is 11.8 Å². The SMILES string of the molecule is CCCC[C@H](NC(=O)[C@H](CC1CCCCC1)NC(=O)C(Cc1cnc[nH]1)NC(=O)CNC(=O)[C@@H](NC(=O)[C@H](C)NC(=O)[C@H](Cc1c[nH]c2ccccc12)NC(=O)[C@H](CCC(N)=O)NC(=O)CCNC(=O)CC(CCC(=O)O)NC(=O)CN1CCN(c2ccccn2)CCN(c2ccccn2)CC1)C(C)C)C(N)=O. The van der Waals surface area contributed by atoms with Crippen LogP contribution in [0.4, 0.5) is 11.6 Å². The minimum absolute atomic E-state index is 0.0695. The Kier molecular flexibility index (Phi) is 33.9. The molecule has 8 atom stereocenters. The standard InChI is InChI=1S/C74H106N20O14/c1-5-6-19-54(68(76)102)88-72(106)56(37-48-16-8-7-9-17-48)89-73(107)58(39-51-42-77-45-83-51)87-64(98)43-82-74(108)67(46(2)3)91-69(103)47(4)84-71(105)57(38-49-41-81-53-20-11-10-18-52(49)53)90-70(104)55(24-25-59(75)95)86-62(96)27-30-80-63(97)40-50(23-26-66(100)101)85-65(99)44-92-31-33-93(60-21-12-14-28-78-60)35-36-94(34-32-92)61-22-13-15-29-79-61/h10-15,18,20-22,28-29,41-42,45-48,50,54-58,67,81H,5-9,16-17,19,23-27,30-40,43-44H2,1-4H3,(H2,75,95)(H2,76,102)(H,77,83)(H,80,97)(H,82,108)(H,84,105)(H,85,99)(H,86,96)(H,87,98)(H,88,106)(H,89,107)(H,90,104)(H,91,103)(H,100,101)/t47-,50?,54-,55-,56-,57-,58?,67-/m0/s1. The molecule has 108 heavy (non-hydrogen) atoms. The Labute approximate surface area is 627 Å². The van der Waals surface area contributed by atoms with Gasteiger partial charge in [0, 0.05) is 132 Å². The maximum absolute atomic E-state index is 14.5. The van der Waals surface area contributed by atoms with Crippen LogP contribution in [-0.4, -0.2) is 219 Å². The average Bonchev–Trinajstić information content (AvgIpc) is 1.68. The number of nitrogens with one attached hydrogen (secondary N) is 12. The van der Waals surface area contributed by atoms with Crippen molar-refractivity contribution in [3.8, 4) is 0 Å². The Balaban J connectivity index is 0.948. The van der Waals surface area contributed by atoms with Gasteiger partial charge in [0.15, 0.2) is 0 Å². The van der Waals surface area contributed by atoms with Crippen LogP contribution in [0.1, 0.15) is 135 Å². The molecule has 1 saturated heterocycles. The number of amides is 12. The second-order valence-electron chi connectivity index (χ2n) is 27.9. The molecule has 34 nitrogen and oxygen atoms in total. The summed E-state index contributed by atoms with van der Waals surface area (Å²) in [6.45, 7) is 8.84. The highest BCUT2D eigenvalue weighted by molar-refractivity contribution is 5.98. The third kappa shape index (κ3) is 28.3. The van der Waals surface area contributed by atoms with Crippen molar-refractivity contribution in [1.82, 2.24) is 83.0 Å². The van der Waals surface area contributed by atoms with Crippen LogP contribution >= 0.6 is 0 Å². The summed E-state index contributed by atoms with van der Waals surface area (Å²) in [6.07, 6.45) is 12.3. The molecule has 0 bridgehead atoms. The first-order chi connectivity index (χ1) is 51.8. The van der Waals surface area contributed by atoms with Crippen molar-refractivity contribution in [3.05, 3.63) is 103 Å². The number of unbranched alkanes of at least 4 members (excludes halogenated alkanes) is 1. The van der Waals surface area contributed by atoms with Crippen LogP contribution < -0.4 is 74.4 Å². The molecule has 2 fully saturated rings. The zero-order valence-electron chi connectivity index (χ0n) is 61.9. The third-order valence-electron chi connectivity index (χ3n) is 19.1. The van der Waals surface area contributed by atoms with Crippen LogP contribution in [0.5, 0.6) is 0 Å². The summed E-state index contributed by atoms with van der Waals surface area (Å²) in [7, 11) is 0. The van der Waals surface area contributed by atoms with E-state index in [1.165, 1.54) is 19.4 Å². The number of aliphatic carboxylic acids is 1. The highest BCUT2D eigenvalue weighted by atomic mass is 16.4. The zero-order chi connectivity index (χ0) is 78.1. The van der Waals surface area contributed by atoms with Gasteiger partial charge in [-0.3, -0.25) is 67.2 Å². The van der Waals surface area contributed by atoms with E-state index in [-0.39, 0.29) is 70.4 Å². The number of benzene rings is 1. The van der Waals surface area contributed by atoms with E-state index >= 15 is 0 Å². The first-order valence-electron chi connectivity index (χ1n) is 37.1. The largest absolute Gasteiger partial charge is 0.481 e. The molecular weight excluding hydrogens is 1390 g/mol. The van der Waals surface area contributed by atoms with Gasteiger partial charge in [-0.1, -0.05) is 96.0 Å². The Morgan fingerprint density at radius 3 is 1.81 bits per heavy atom. The number of imidazole rings is 1. The Hall–Kier alpha value is -11.1. The number of fused-ring (bicyclic) bond motifs is 1. The first kappa shape index (κ1) is 84.2. The van der Waals surface area contributed by atoms with Crippen molar-refractivity contribution in [2.75, 3.05) is 68.7 Å². The fourth-order valence-corrected chi connectivity index (χ4v) is 13.0. The molecule has 586 valence electrons. The van der Waals surface area contributed by atoms with Gasteiger partial charge in [0.05, 0.1) is 19.4 Å². The van der Waals surface area contributed by atoms with Crippen molar-refractivity contribution < 1.29 is 67.4 Å². The minimum atomic E-state index is -1.48. The fourth-order valence-electron chi connectivity index (χ4n) is 13.0. The molecule has 5 aromatic rings. The second-order valence-corrected chi connectivity index (χ2v) is 27.9. The number of carbonyl (C=O) groups excluding carboxylic acids is 12. The number of carboxylic acids is 1. The van der Waals surface area contributed by atoms with Crippen molar-refractivity contribution in [2.45, 2.75) is 185 Å². The van der Waals surface area contributed by atoms with E-state index in [9.17, 15) is 67.4 Å². The summed E-state index contributed by atoms with van der Waals surface area (Å²) < 4.78 is 0. The van der Waals surface area contributed by atoms with Crippen molar-refractivity contribution in [2.24, 2.45) is 23.3 Å². The van der Waals surface area contributed by atoms with E-state index in [0.717, 1.165) is 50.2 Å². The predicted octanol–water partition coefficient (Wildman–Crippen LogP) is 0.138. The number of pyridine rings is 2. The Morgan fingerprint density at radius 2 is 1.19 bits per heavy atom. The van der Waals surface area contributed by atoms with Crippen LogP contribution in [0.25, 0.3) is 10.9 Å². The second kappa shape index (κ2) is 43.5. The van der Waals surface area contributed by atoms with Crippen LogP contribution in [0.3, 0.4) is 0 Å². The molecule has 0 radical (unpaired) electrons. The number of hydrogen-bond acceptors (Lipinski definition) is 19. The topological polar surface area (TPSA) is 494 Å². The molecule has 4 aromatic heterocycles. The van der Waals surface area contributed by atoms with Crippen LogP contribution in [-0.2, 0) is 75.2 Å². The van der Waals surface area contributed by atoms with E-state index < -0.39 is 144 Å². The molecular formula is C74H106N20O14. The van der Waals surface area contributed by atoms with Gasteiger partial charge in [-0.05, 0) is 80.3 Å². The molecule has 5 heterocycles. The maximum atomic E-state index is 14.5. The summed E-state index contributed by atoms with van der Waals surface area (Å²) in [4.78, 5) is 201. The highest BCUT2D eigenvalue weighted by Gasteiger charge is 2.35. The van der Waals surface area contributed by atoms with E-state index in [4.69, 9.17) is 11.5 Å². The third-order valence-corrected chi connectivity index (χ3v) is 19.1. The summed E-state index contributed by atoms with van der Waals surface area (Å²) in [5.74, 6) is -8.98. The van der Waals surface area contributed by atoms with Crippen molar-refractivity contribution >= 4 is 99.4 Å². The number of primary amides is 2. The van der Waals surface area contributed by atoms with Crippen LogP contribution in [0.15, 0.2) is 91.8 Å². The summed E-state index contributed by atoms with van der Waals surface area (Å²) in [5.41, 5.74) is 12.9. The number of H-pyrrole nitrogens is 2. The number of para-hydroxylation sites is 1. The number of anilines is 2. The number of nitrogens with zero attached hydrogens (tertiary/aromatic N) is 6. The van der Waals surface area contributed by atoms with Gasteiger partial charge in [0.1, 0.15) is 53.9 Å². The van der Waals surface area contributed by atoms with Gasteiger partial charge < -0.3 is 89.5 Å². The molecule has 1 saturated carbocycles. The maximum Gasteiger partial charge on any atom is 0.303 e. The molecule has 2 aliphatic rings. The lowest BCUT2D eigenvalue weighted by atomic mass is 9.84. The lowest BCUT2D eigenvalue weighted by Gasteiger charge is -2.29. The smallest absolute Gasteiger partial charge is 0.303 e. The first-order valence-corrected chi connectivity index (χ1v) is 37.1. The lowest BCUT2D eigenvalue weighted by molar-refractivity contribution is -0.138. The number of aromatic nitrogens is 5. The summed E-state index contributed by atoms with van der Waals surface area (Å²) in [5, 5.41) is 37.0. The molecule has 1 aliphatic carbocycles. The molecule has 7 rings (SSSR count). The average molecular weight is 1500 g/mol. The van der Waals surface area contributed by atoms with Gasteiger partial charge in [0.2, 0.25) is 70.9 Å². The molecule has 1 aromatic carbocycles. The lowest BCUT2D eigenvalue weighted by Crippen LogP contribution is -2.59. The van der Waals surface area contributed by atoms with Gasteiger partial charge in [-0.15, -0.1) is 0 Å². The van der Waals surface area contributed by atoms with E-state index in [2.05, 4.69) is 87.9 Å². The summed E-state index contributed by atoms with van der Waals surface area (Å²) >= 11 is 0. The van der Waals surface area contributed by atoms with E-state index in [1.807, 2.05) is 48.2 Å². The Bertz CT molecular complexity index is 3750. The van der Waals surface area contributed by atoms with Gasteiger partial charge >= 0.3 is 5.97 Å². The predicted molar refractivity (Wildman–Crippen MR) is 400 cm³/mol. The van der Waals surface area contributed by atoms with Gasteiger partial charge in [-0.25, -0.2) is 15.0 Å². The Morgan fingerprint density at radius 1 is 0.574 bits per heavy atom. The van der Waals surface area contributed by atoms with Crippen molar-refractivity contribution in [3.63, 3.8) is 0 Å². The van der Waals surface area contributed by atoms with E-state index in [0.29, 0.717) is 74.3 Å². The number of rotatable bonds is 42. The van der Waals surface area contributed by atoms with E-state index in [1.54, 1.807) is 56.7 Å². The number of nitrogens with two attached hydrogens (primary N) is 2. The minimum Gasteiger partial charge on any atom is -0.481 e. The number of carbonyl (C=O) groups is 13. The number of carboxylic acid groups (broad SMARTS) is 1. The molecule has 12 amide bonds. The quantitative estimate of drug-likeness (QED) is 0.0247. The monoisotopic (exact) mass is 1500 g/mol. The van der Waals surface area contributed by atoms with Crippen LogP contribution in [0.2, 0.25) is 0 Å². The van der Waals surface area contributed by atoms with Gasteiger partial charge in [0.25, 0.3) is 0 Å². The number of aromatic amines is 2. The molecule has 34 heteroatoms. The van der Waals surface area contributed by atoms with Crippen molar-refractivity contribution in [1.29, 1.82) is 0 Å². The van der Waals surface area contributed by atoms with Gasteiger partial charge in [-0.2, -0.15) is 0 Å². The molecule has 17 N–H and O–H groups in total. The molecule has 1 aliphatic heterocycles.